The van der Waals surface area contributed by atoms with E-state index in [4.69, 9.17) is 21.1 Å². The monoisotopic (exact) mass is 438 g/mol. The maximum atomic E-state index is 11.8. The molecule has 1 aliphatic heterocycles. The van der Waals surface area contributed by atoms with Gasteiger partial charge in [-0.05, 0) is 43.5 Å². The number of hydrogen-bond acceptors (Lipinski definition) is 7. The number of carbonyl (C=O) groups excluding carboxylic acids is 1. The topological polar surface area (TPSA) is 97.0 Å². The normalized spacial score (nSPS) is 16.5. The van der Waals surface area contributed by atoms with Gasteiger partial charge in [-0.2, -0.15) is 5.10 Å². The third-order valence-electron chi connectivity index (χ3n) is 5.25. The van der Waals surface area contributed by atoms with Crippen LogP contribution in [0.4, 0.5) is 0 Å². The van der Waals surface area contributed by atoms with Gasteiger partial charge >= 0.3 is 5.97 Å². The number of fused-ring (bicyclic) bond motifs is 1. The molecule has 31 heavy (non-hydrogen) atoms. The second-order valence-corrected chi connectivity index (χ2v) is 7.70. The van der Waals surface area contributed by atoms with E-state index in [1.165, 1.54) is 13.3 Å². The van der Waals surface area contributed by atoms with E-state index in [1.807, 2.05) is 16.7 Å². The Labute approximate surface area is 182 Å². The molecule has 1 atom stereocenters. The molecule has 0 aliphatic carbocycles. The van der Waals surface area contributed by atoms with Gasteiger partial charge in [-0.1, -0.05) is 11.6 Å². The van der Waals surface area contributed by atoms with Crippen molar-refractivity contribution in [2.24, 2.45) is 0 Å². The van der Waals surface area contributed by atoms with Gasteiger partial charge < -0.3 is 9.47 Å². The van der Waals surface area contributed by atoms with Crippen LogP contribution >= 0.6 is 11.6 Å². The quantitative estimate of drug-likeness (QED) is 0.447. The van der Waals surface area contributed by atoms with E-state index < -0.39 is 5.97 Å². The fourth-order valence-electron chi connectivity index (χ4n) is 3.77. The predicted molar refractivity (Wildman–Crippen MR) is 113 cm³/mol. The standard InChI is InChI=1S/C21H19ClN6O3/c1-30-21(29)15-6-14-11-25-28(19(14)23-10-15)17-8-13(7-16(22)9-17)20-26-24-12-27(20)18-4-2-3-5-31-18/h6-12,18H,2-5H2,1H3. The Morgan fingerprint density at radius 3 is 2.94 bits per heavy atom. The third-order valence-corrected chi connectivity index (χ3v) is 5.47. The molecule has 0 spiro atoms. The Morgan fingerprint density at radius 1 is 1.23 bits per heavy atom. The zero-order valence-electron chi connectivity index (χ0n) is 16.7. The van der Waals surface area contributed by atoms with Gasteiger partial charge in [0.25, 0.3) is 0 Å². The number of esters is 1. The number of aromatic nitrogens is 6. The molecule has 1 aromatic carbocycles. The Kier molecular flexibility index (Phi) is 5.13. The molecule has 1 fully saturated rings. The molecule has 1 aliphatic rings. The van der Waals surface area contributed by atoms with Gasteiger partial charge in [0.05, 0.1) is 24.6 Å². The fraction of sp³-hybridized carbons (Fsp3) is 0.286. The van der Waals surface area contributed by atoms with Crippen LogP contribution < -0.4 is 0 Å². The number of carbonyl (C=O) groups is 1. The maximum absolute atomic E-state index is 11.8. The summed E-state index contributed by atoms with van der Waals surface area (Å²) in [6.07, 6.45) is 7.78. The summed E-state index contributed by atoms with van der Waals surface area (Å²) in [7, 11) is 1.33. The van der Waals surface area contributed by atoms with Crippen molar-refractivity contribution in [3.8, 4) is 17.1 Å². The Hall–Kier alpha value is -3.30. The highest BCUT2D eigenvalue weighted by Gasteiger charge is 2.21. The molecule has 1 unspecified atom stereocenters. The number of rotatable bonds is 4. The second-order valence-electron chi connectivity index (χ2n) is 7.27. The van der Waals surface area contributed by atoms with Crippen LogP contribution in [0, 0.1) is 0 Å². The molecule has 0 saturated carbocycles. The predicted octanol–water partition coefficient (Wildman–Crippen LogP) is 3.82. The average Bonchev–Trinajstić information content (AvgIpc) is 3.45. The minimum atomic E-state index is -0.448. The number of benzene rings is 1. The van der Waals surface area contributed by atoms with Crippen molar-refractivity contribution >= 4 is 28.6 Å². The molecule has 0 radical (unpaired) electrons. The summed E-state index contributed by atoms with van der Waals surface area (Å²) in [5, 5.41) is 14.1. The minimum absolute atomic E-state index is 0.0925. The van der Waals surface area contributed by atoms with Gasteiger partial charge in [0.15, 0.2) is 11.5 Å². The van der Waals surface area contributed by atoms with Gasteiger partial charge in [0.2, 0.25) is 0 Å². The molecule has 0 N–H and O–H groups in total. The highest BCUT2D eigenvalue weighted by atomic mass is 35.5. The van der Waals surface area contributed by atoms with Crippen LogP contribution in [0.2, 0.25) is 5.02 Å². The van der Waals surface area contributed by atoms with Crippen LogP contribution in [0.25, 0.3) is 28.1 Å². The molecule has 4 heterocycles. The summed E-state index contributed by atoms with van der Waals surface area (Å²) in [5.41, 5.74) is 2.47. The zero-order chi connectivity index (χ0) is 21.4. The first-order valence-corrected chi connectivity index (χ1v) is 10.3. The second kappa shape index (κ2) is 8.09. The highest BCUT2D eigenvalue weighted by Crippen LogP contribution is 2.31. The average molecular weight is 439 g/mol. The number of methoxy groups -OCH3 is 1. The molecule has 1 saturated heterocycles. The number of nitrogens with zero attached hydrogens (tertiary/aromatic N) is 6. The number of hydrogen-bond donors (Lipinski definition) is 0. The molecule has 10 heteroatoms. The summed E-state index contributed by atoms with van der Waals surface area (Å²) < 4.78 is 14.3. The van der Waals surface area contributed by atoms with Crippen molar-refractivity contribution in [3.63, 3.8) is 0 Å². The van der Waals surface area contributed by atoms with E-state index in [-0.39, 0.29) is 6.23 Å². The first kappa shape index (κ1) is 19.7. The molecule has 3 aromatic heterocycles. The lowest BCUT2D eigenvalue weighted by Crippen LogP contribution is -2.18. The number of pyridine rings is 1. The summed E-state index contributed by atoms with van der Waals surface area (Å²) in [6, 6.07) is 7.26. The van der Waals surface area contributed by atoms with E-state index >= 15 is 0 Å². The van der Waals surface area contributed by atoms with E-state index in [1.54, 1.807) is 29.3 Å². The molecular formula is C21H19ClN6O3. The first-order chi connectivity index (χ1) is 15.1. The van der Waals surface area contributed by atoms with Crippen molar-refractivity contribution in [2.45, 2.75) is 25.5 Å². The summed E-state index contributed by atoms with van der Waals surface area (Å²) >= 11 is 6.45. The molecule has 0 bridgehead atoms. The Morgan fingerprint density at radius 2 is 2.13 bits per heavy atom. The van der Waals surface area contributed by atoms with Gasteiger partial charge in [-0.3, -0.25) is 4.57 Å². The maximum Gasteiger partial charge on any atom is 0.339 e. The van der Waals surface area contributed by atoms with Gasteiger partial charge in [-0.25, -0.2) is 14.5 Å². The minimum Gasteiger partial charge on any atom is -0.465 e. The lowest BCUT2D eigenvalue weighted by atomic mass is 10.1. The van der Waals surface area contributed by atoms with Gasteiger partial charge in [0.1, 0.15) is 12.6 Å². The molecule has 0 amide bonds. The van der Waals surface area contributed by atoms with E-state index in [2.05, 4.69) is 20.3 Å². The van der Waals surface area contributed by atoms with Crippen molar-refractivity contribution in [1.29, 1.82) is 0 Å². The van der Waals surface area contributed by atoms with Crippen LogP contribution in [0.5, 0.6) is 0 Å². The van der Waals surface area contributed by atoms with Crippen LogP contribution in [-0.4, -0.2) is 49.2 Å². The van der Waals surface area contributed by atoms with Gasteiger partial charge in [-0.15, -0.1) is 10.2 Å². The van der Waals surface area contributed by atoms with Crippen molar-refractivity contribution in [1.82, 2.24) is 29.5 Å². The van der Waals surface area contributed by atoms with Crippen LogP contribution in [-0.2, 0) is 9.47 Å². The number of ether oxygens (including phenoxy) is 2. The Bertz CT molecular complexity index is 1260. The lowest BCUT2D eigenvalue weighted by molar-refractivity contribution is -0.0311. The van der Waals surface area contributed by atoms with Crippen molar-refractivity contribution in [2.75, 3.05) is 13.7 Å². The van der Waals surface area contributed by atoms with Gasteiger partial charge in [0, 0.05) is 28.8 Å². The van der Waals surface area contributed by atoms with E-state index in [0.29, 0.717) is 27.4 Å². The summed E-state index contributed by atoms with van der Waals surface area (Å²) in [4.78, 5) is 16.2. The lowest BCUT2D eigenvalue weighted by Gasteiger charge is -2.24. The van der Waals surface area contributed by atoms with Crippen LogP contribution in [0.15, 0.2) is 43.0 Å². The molecule has 5 rings (SSSR count). The molecular weight excluding hydrogens is 420 g/mol. The van der Waals surface area contributed by atoms with Crippen molar-refractivity contribution < 1.29 is 14.3 Å². The van der Waals surface area contributed by atoms with E-state index in [0.717, 1.165) is 37.1 Å². The highest BCUT2D eigenvalue weighted by molar-refractivity contribution is 6.31. The zero-order valence-corrected chi connectivity index (χ0v) is 17.5. The van der Waals surface area contributed by atoms with E-state index in [9.17, 15) is 4.79 Å². The first-order valence-electron chi connectivity index (χ1n) is 9.88. The Balaban J connectivity index is 1.56. The summed E-state index contributed by atoms with van der Waals surface area (Å²) in [6.45, 7) is 0.724. The summed E-state index contributed by atoms with van der Waals surface area (Å²) in [5.74, 6) is 0.226. The van der Waals surface area contributed by atoms with Crippen molar-refractivity contribution in [3.05, 3.63) is 53.6 Å². The van der Waals surface area contributed by atoms with Crippen LogP contribution in [0.1, 0.15) is 35.8 Å². The SMILES string of the molecule is COC(=O)c1cnc2c(cnn2-c2cc(Cl)cc(-c3nncn3C3CCCCO3)c2)c1. The number of halogens is 1. The molecule has 4 aromatic rings. The largest absolute Gasteiger partial charge is 0.465 e. The molecule has 9 nitrogen and oxygen atoms in total. The fourth-order valence-corrected chi connectivity index (χ4v) is 4.00. The third kappa shape index (κ3) is 3.66. The molecule has 158 valence electrons. The smallest absolute Gasteiger partial charge is 0.339 e. The van der Waals surface area contributed by atoms with Crippen LogP contribution in [0.3, 0.4) is 0 Å².